The first-order chi connectivity index (χ1) is 11.8. The zero-order valence-electron chi connectivity index (χ0n) is 13.0. The number of carbonyl (C=O) groups excluding carboxylic acids is 1. The molecule has 24 heavy (non-hydrogen) atoms. The van der Waals surface area contributed by atoms with E-state index in [4.69, 9.17) is 4.74 Å². The number of carbonyl (C=O) groups is 1. The third kappa shape index (κ3) is 2.93. The van der Waals surface area contributed by atoms with E-state index in [-0.39, 0.29) is 5.91 Å². The largest absolute Gasteiger partial charge is 0.378 e. The van der Waals surface area contributed by atoms with Gasteiger partial charge in [-0.2, -0.15) is 5.10 Å². The van der Waals surface area contributed by atoms with E-state index < -0.39 is 0 Å². The van der Waals surface area contributed by atoms with Crippen molar-refractivity contribution in [2.75, 3.05) is 36.5 Å². The molecule has 1 saturated heterocycles. The van der Waals surface area contributed by atoms with Gasteiger partial charge in [-0.15, -0.1) is 0 Å². The molecule has 0 aliphatic carbocycles. The number of nitrogens with one attached hydrogen (secondary N) is 2. The van der Waals surface area contributed by atoms with Gasteiger partial charge in [0.2, 0.25) is 0 Å². The lowest BCUT2D eigenvalue weighted by atomic mass is 10.2. The van der Waals surface area contributed by atoms with Crippen molar-refractivity contribution in [1.82, 2.24) is 15.2 Å². The second kappa shape index (κ2) is 6.29. The molecule has 0 bridgehead atoms. The third-order valence-electron chi connectivity index (χ3n) is 4.04. The number of pyridine rings is 1. The highest BCUT2D eigenvalue weighted by molar-refractivity contribution is 6.05. The smallest absolute Gasteiger partial charge is 0.255 e. The number of morpholine rings is 1. The summed E-state index contributed by atoms with van der Waals surface area (Å²) in [6.45, 7) is 2.94. The average molecular weight is 323 g/mol. The molecular weight excluding hydrogens is 306 g/mol. The van der Waals surface area contributed by atoms with Crippen molar-refractivity contribution < 1.29 is 9.53 Å². The molecule has 0 atom stereocenters. The molecule has 0 saturated carbocycles. The molecule has 0 radical (unpaired) electrons. The average Bonchev–Trinajstić information content (AvgIpc) is 3.10. The summed E-state index contributed by atoms with van der Waals surface area (Å²) in [4.78, 5) is 19.0. The van der Waals surface area contributed by atoms with Crippen molar-refractivity contribution in [2.24, 2.45) is 0 Å². The maximum absolute atomic E-state index is 12.5. The van der Waals surface area contributed by atoms with Crippen LogP contribution in [0.1, 0.15) is 10.4 Å². The molecule has 1 fully saturated rings. The van der Waals surface area contributed by atoms with Gasteiger partial charge in [0.1, 0.15) is 5.82 Å². The van der Waals surface area contributed by atoms with Gasteiger partial charge < -0.3 is 15.0 Å². The minimum atomic E-state index is -0.161. The van der Waals surface area contributed by atoms with E-state index in [9.17, 15) is 4.79 Å². The molecule has 1 aromatic carbocycles. The Balaban J connectivity index is 1.53. The Kier molecular flexibility index (Phi) is 3.84. The Labute approximate surface area is 138 Å². The van der Waals surface area contributed by atoms with Gasteiger partial charge in [-0.3, -0.25) is 9.89 Å². The Morgan fingerprint density at radius 2 is 2.08 bits per heavy atom. The number of hydrogen-bond donors (Lipinski definition) is 2. The number of aromatic nitrogens is 3. The van der Waals surface area contributed by atoms with Crippen LogP contribution in [0.2, 0.25) is 0 Å². The monoisotopic (exact) mass is 323 g/mol. The molecule has 0 unspecified atom stereocenters. The Hall–Kier alpha value is -2.93. The number of ether oxygens (including phenoxy) is 1. The van der Waals surface area contributed by atoms with Gasteiger partial charge in [0.25, 0.3) is 5.91 Å². The Bertz CT molecular complexity index is 870. The standard InChI is InChI=1S/C17H17N5O2/c23-17(20-14-2-1-13-11-19-21-15(13)10-14)12-3-4-18-16(9-12)22-5-7-24-8-6-22/h1-4,9-11H,5-8H2,(H,19,21)(H,20,23). The van der Waals surface area contributed by atoms with Crippen LogP contribution in [0.5, 0.6) is 0 Å². The predicted molar refractivity (Wildman–Crippen MR) is 91.3 cm³/mol. The molecule has 122 valence electrons. The number of hydrogen-bond acceptors (Lipinski definition) is 5. The first kappa shape index (κ1) is 14.6. The summed E-state index contributed by atoms with van der Waals surface area (Å²) in [5.41, 5.74) is 2.19. The molecule has 4 rings (SSSR count). The number of amides is 1. The zero-order valence-corrected chi connectivity index (χ0v) is 13.0. The maximum Gasteiger partial charge on any atom is 0.255 e. The summed E-state index contributed by atoms with van der Waals surface area (Å²) in [6.07, 6.45) is 3.41. The van der Waals surface area contributed by atoms with Crippen LogP contribution in [0.3, 0.4) is 0 Å². The number of benzene rings is 1. The predicted octanol–water partition coefficient (Wildman–Crippen LogP) is 2.05. The Morgan fingerprint density at radius 1 is 1.21 bits per heavy atom. The first-order valence-corrected chi connectivity index (χ1v) is 7.83. The number of aromatic amines is 1. The lowest BCUT2D eigenvalue weighted by Crippen LogP contribution is -2.36. The second-order valence-electron chi connectivity index (χ2n) is 5.63. The summed E-state index contributed by atoms with van der Waals surface area (Å²) in [5.74, 6) is 0.640. The number of anilines is 2. The van der Waals surface area contributed by atoms with Crippen molar-refractivity contribution in [3.8, 4) is 0 Å². The zero-order chi connectivity index (χ0) is 16.4. The van der Waals surface area contributed by atoms with Crippen molar-refractivity contribution in [2.45, 2.75) is 0 Å². The highest BCUT2D eigenvalue weighted by Crippen LogP contribution is 2.19. The van der Waals surface area contributed by atoms with E-state index in [0.717, 1.165) is 35.5 Å². The van der Waals surface area contributed by atoms with Crippen molar-refractivity contribution in [3.05, 3.63) is 48.3 Å². The minimum Gasteiger partial charge on any atom is -0.378 e. The minimum absolute atomic E-state index is 0.161. The molecule has 3 heterocycles. The van der Waals surface area contributed by atoms with Crippen LogP contribution in [0.25, 0.3) is 10.9 Å². The van der Waals surface area contributed by atoms with Crippen LogP contribution in [0, 0.1) is 0 Å². The van der Waals surface area contributed by atoms with Gasteiger partial charge in [-0.1, -0.05) is 0 Å². The highest BCUT2D eigenvalue weighted by atomic mass is 16.5. The normalized spacial score (nSPS) is 14.8. The Morgan fingerprint density at radius 3 is 2.96 bits per heavy atom. The topological polar surface area (TPSA) is 83.1 Å². The van der Waals surface area contributed by atoms with Crippen molar-refractivity contribution in [3.63, 3.8) is 0 Å². The first-order valence-electron chi connectivity index (χ1n) is 7.83. The van der Waals surface area contributed by atoms with Crippen molar-refractivity contribution in [1.29, 1.82) is 0 Å². The summed E-state index contributed by atoms with van der Waals surface area (Å²) in [5, 5.41) is 10.8. The van der Waals surface area contributed by atoms with Gasteiger partial charge in [0, 0.05) is 35.9 Å². The molecular formula is C17H17N5O2. The molecule has 7 nitrogen and oxygen atoms in total. The van der Waals surface area contributed by atoms with Crippen LogP contribution in [0.4, 0.5) is 11.5 Å². The van der Waals surface area contributed by atoms with Gasteiger partial charge in [0.05, 0.1) is 24.9 Å². The van der Waals surface area contributed by atoms with Gasteiger partial charge >= 0.3 is 0 Å². The highest BCUT2D eigenvalue weighted by Gasteiger charge is 2.14. The molecule has 2 aromatic heterocycles. The molecule has 1 amide bonds. The molecule has 1 aliphatic heterocycles. The summed E-state index contributed by atoms with van der Waals surface area (Å²) < 4.78 is 5.35. The van der Waals surface area contributed by atoms with E-state index in [1.807, 2.05) is 24.3 Å². The van der Waals surface area contributed by atoms with Crippen molar-refractivity contribution >= 4 is 28.3 Å². The lowest BCUT2D eigenvalue weighted by Gasteiger charge is -2.27. The van der Waals surface area contributed by atoms with E-state index in [0.29, 0.717) is 18.8 Å². The third-order valence-corrected chi connectivity index (χ3v) is 4.04. The SMILES string of the molecule is O=C(Nc1ccc2cn[nH]c2c1)c1ccnc(N2CCOCC2)c1. The van der Waals surface area contributed by atoms with E-state index in [2.05, 4.69) is 25.4 Å². The number of fused-ring (bicyclic) bond motifs is 1. The molecule has 1 aliphatic rings. The lowest BCUT2D eigenvalue weighted by molar-refractivity contribution is 0.102. The van der Waals surface area contributed by atoms with Gasteiger partial charge in [0.15, 0.2) is 0 Å². The van der Waals surface area contributed by atoms with E-state index in [1.54, 1.807) is 18.5 Å². The maximum atomic E-state index is 12.5. The quantitative estimate of drug-likeness (QED) is 0.771. The van der Waals surface area contributed by atoms with E-state index >= 15 is 0 Å². The van der Waals surface area contributed by atoms with Crippen LogP contribution >= 0.6 is 0 Å². The fraction of sp³-hybridized carbons (Fsp3) is 0.235. The molecule has 3 aromatic rings. The fourth-order valence-corrected chi connectivity index (χ4v) is 2.74. The number of H-pyrrole nitrogens is 1. The molecule has 7 heteroatoms. The fourth-order valence-electron chi connectivity index (χ4n) is 2.74. The van der Waals surface area contributed by atoms with Gasteiger partial charge in [-0.05, 0) is 30.3 Å². The summed E-state index contributed by atoms with van der Waals surface area (Å²) in [7, 11) is 0. The number of rotatable bonds is 3. The summed E-state index contributed by atoms with van der Waals surface area (Å²) in [6, 6.07) is 9.17. The van der Waals surface area contributed by atoms with E-state index in [1.165, 1.54) is 0 Å². The van der Waals surface area contributed by atoms with Crippen LogP contribution in [0.15, 0.2) is 42.7 Å². The van der Waals surface area contributed by atoms with Gasteiger partial charge in [-0.25, -0.2) is 4.98 Å². The summed E-state index contributed by atoms with van der Waals surface area (Å²) >= 11 is 0. The van der Waals surface area contributed by atoms with Crippen LogP contribution in [-0.2, 0) is 4.74 Å². The number of nitrogens with zero attached hydrogens (tertiary/aromatic N) is 3. The van der Waals surface area contributed by atoms with Crippen LogP contribution < -0.4 is 10.2 Å². The second-order valence-corrected chi connectivity index (χ2v) is 5.63. The molecule has 0 spiro atoms. The van der Waals surface area contributed by atoms with Crippen LogP contribution in [-0.4, -0.2) is 47.4 Å². The molecule has 2 N–H and O–H groups in total.